The van der Waals surface area contributed by atoms with Gasteiger partial charge in [0, 0.05) is 39.6 Å². The normalized spacial score (nSPS) is 15.2. The van der Waals surface area contributed by atoms with Crippen molar-refractivity contribution in [1.29, 1.82) is 0 Å². The van der Waals surface area contributed by atoms with Crippen molar-refractivity contribution < 1.29 is 4.74 Å². The summed E-state index contributed by atoms with van der Waals surface area (Å²) in [5, 5.41) is 7.84. The van der Waals surface area contributed by atoms with Crippen molar-refractivity contribution in [2.75, 3.05) is 38.2 Å². The van der Waals surface area contributed by atoms with Crippen molar-refractivity contribution in [3.05, 3.63) is 41.7 Å². The number of hydrogen-bond donors (Lipinski definition) is 1. The highest BCUT2D eigenvalue weighted by Gasteiger charge is 2.17. The predicted octanol–water partition coefficient (Wildman–Crippen LogP) is 1.43. The first-order valence-corrected chi connectivity index (χ1v) is 7.37. The number of hydrogen-bond acceptors (Lipinski definition) is 4. The van der Waals surface area contributed by atoms with Gasteiger partial charge in [0.1, 0.15) is 5.75 Å². The molecule has 21 heavy (non-hydrogen) atoms. The van der Waals surface area contributed by atoms with Crippen LogP contribution in [0.15, 0.2) is 30.5 Å². The standard InChI is InChI=1S/C16H22N4O/c1-19-15(11-13-3-5-14(21-2)6-4-13)16(12-18-19)20-9-7-17-8-10-20/h3-6,12,17H,7-11H2,1-2H3. The molecular formula is C16H22N4O. The van der Waals surface area contributed by atoms with Crippen molar-refractivity contribution in [3.63, 3.8) is 0 Å². The molecule has 3 rings (SSSR count). The van der Waals surface area contributed by atoms with Gasteiger partial charge in [0.15, 0.2) is 0 Å². The number of benzene rings is 1. The Hall–Kier alpha value is -2.01. The fourth-order valence-electron chi connectivity index (χ4n) is 2.76. The molecule has 0 spiro atoms. The van der Waals surface area contributed by atoms with Crippen molar-refractivity contribution in [3.8, 4) is 5.75 Å². The Kier molecular flexibility index (Phi) is 4.10. The van der Waals surface area contributed by atoms with Crippen molar-refractivity contribution >= 4 is 5.69 Å². The molecular weight excluding hydrogens is 264 g/mol. The van der Waals surface area contributed by atoms with Gasteiger partial charge < -0.3 is 15.0 Å². The number of anilines is 1. The first-order valence-electron chi connectivity index (χ1n) is 7.37. The summed E-state index contributed by atoms with van der Waals surface area (Å²) in [6, 6.07) is 8.26. The lowest BCUT2D eigenvalue weighted by atomic mass is 10.1. The molecule has 0 unspecified atom stereocenters. The second kappa shape index (κ2) is 6.18. The highest BCUT2D eigenvalue weighted by molar-refractivity contribution is 5.52. The van der Waals surface area contributed by atoms with E-state index in [9.17, 15) is 0 Å². The molecule has 0 saturated carbocycles. The molecule has 0 amide bonds. The lowest BCUT2D eigenvalue weighted by molar-refractivity contribution is 0.414. The highest BCUT2D eigenvalue weighted by atomic mass is 16.5. The van der Waals surface area contributed by atoms with Gasteiger partial charge in [-0.05, 0) is 17.7 Å². The van der Waals surface area contributed by atoms with E-state index in [2.05, 4.69) is 27.4 Å². The van der Waals surface area contributed by atoms with E-state index >= 15 is 0 Å². The van der Waals surface area contributed by atoms with E-state index < -0.39 is 0 Å². The third kappa shape index (κ3) is 3.03. The number of piperazine rings is 1. The molecule has 0 bridgehead atoms. The van der Waals surface area contributed by atoms with Crippen LogP contribution in [0.1, 0.15) is 11.3 Å². The number of rotatable bonds is 4. The molecule has 5 nitrogen and oxygen atoms in total. The third-order valence-electron chi connectivity index (χ3n) is 4.03. The fourth-order valence-corrected chi connectivity index (χ4v) is 2.76. The fraction of sp³-hybridized carbons (Fsp3) is 0.438. The van der Waals surface area contributed by atoms with Crippen LogP contribution in [-0.2, 0) is 13.5 Å². The van der Waals surface area contributed by atoms with Crippen LogP contribution in [0.2, 0.25) is 0 Å². The van der Waals surface area contributed by atoms with Gasteiger partial charge in [-0.2, -0.15) is 5.10 Å². The Morgan fingerprint density at radius 3 is 2.57 bits per heavy atom. The van der Waals surface area contributed by atoms with E-state index in [0.717, 1.165) is 38.3 Å². The quantitative estimate of drug-likeness (QED) is 0.923. The number of nitrogens with one attached hydrogen (secondary N) is 1. The van der Waals surface area contributed by atoms with E-state index in [0.29, 0.717) is 0 Å². The molecule has 2 heterocycles. The zero-order valence-electron chi connectivity index (χ0n) is 12.7. The van der Waals surface area contributed by atoms with E-state index in [1.54, 1.807) is 7.11 Å². The number of nitrogens with zero attached hydrogens (tertiary/aromatic N) is 3. The van der Waals surface area contributed by atoms with Crippen LogP contribution in [0, 0.1) is 0 Å². The SMILES string of the molecule is COc1ccc(Cc2c(N3CCNCC3)cnn2C)cc1. The zero-order valence-corrected chi connectivity index (χ0v) is 12.7. The van der Waals surface area contributed by atoms with Crippen LogP contribution >= 0.6 is 0 Å². The minimum Gasteiger partial charge on any atom is -0.497 e. The predicted molar refractivity (Wildman–Crippen MR) is 84.1 cm³/mol. The van der Waals surface area contributed by atoms with Gasteiger partial charge in [0.2, 0.25) is 0 Å². The van der Waals surface area contributed by atoms with Crippen LogP contribution in [0.5, 0.6) is 5.75 Å². The second-order valence-corrected chi connectivity index (χ2v) is 5.36. The molecule has 5 heteroatoms. The summed E-state index contributed by atoms with van der Waals surface area (Å²) in [4.78, 5) is 2.42. The Labute approximate surface area is 125 Å². The summed E-state index contributed by atoms with van der Waals surface area (Å²) in [5.74, 6) is 0.895. The largest absolute Gasteiger partial charge is 0.497 e. The summed E-state index contributed by atoms with van der Waals surface area (Å²) in [7, 11) is 3.71. The molecule has 1 saturated heterocycles. The molecule has 1 N–H and O–H groups in total. The molecule has 0 atom stereocenters. The van der Waals surface area contributed by atoms with Gasteiger partial charge >= 0.3 is 0 Å². The Bertz CT molecular complexity index is 585. The highest BCUT2D eigenvalue weighted by Crippen LogP contribution is 2.24. The zero-order chi connectivity index (χ0) is 14.7. The second-order valence-electron chi connectivity index (χ2n) is 5.36. The Morgan fingerprint density at radius 1 is 1.19 bits per heavy atom. The molecule has 0 radical (unpaired) electrons. The average molecular weight is 286 g/mol. The maximum Gasteiger partial charge on any atom is 0.118 e. The van der Waals surface area contributed by atoms with E-state index in [1.807, 2.05) is 30.1 Å². The summed E-state index contributed by atoms with van der Waals surface area (Å²) >= 11 is 0. The van der Waals surface area contributed by atoms with Crippen LogP contribution in [0.25, 0.3) is 0 Å². The smallest absolute Gasteiger partial charge is 0.118 e. The lowest BCUT2D eigenvalue weighted by Gasteiger charge is -2.29. The van der Waals surface area contributed by atoms with E-state index in [1.165, 1.54) is 16.9 Å². The van der Waals surface area contributed by atoms with E-state index in [-0.39, 0.29) is 0 Å². The molecule has 0 aliphatic carbocycles. The van der Waals surface area contributed by atoms with E-state index in [4.69, 9.17) is 4.74 Å². The third-order valence-corrected chi connectivity index (χ3v) is 4.03. The topological polar surface area (TPSA) is 42.3 Å². The maximum absolute atomic E-state index is 5.21. The number of aryl methyl sites for hydroxylation is 1. The number of aromatic nitrogens is 2. The summed E-state index contributed by atoms with van der Waals surface area (Å²) in [5.41, 5.74) is 3.80. The van der Waals surface area contributed by atoms with Crippen LogP contribution in [0.4, 0.5) is 5.69 Å². The minimum absolute atomic E-state index is 0.889. The molecule has 1 fully saturated rings. The van der Waals surface area contributed by atoms with Crippen LogP contribution in [-0.4, -0.2) is 43.1 Å². The first kappa shape index (κ1) is 13.9. The Balaban J connectivity index is 1.81. The molecule has 1 aliphatic rings. The van der Waals surface area contributed by atoms with Gasteiger partial charge in [-0.3, -0.25) is 4.68 Å². The van der Waals surface area contributed by atoms with Crippen molar-refractivity contribution in [2.24, 2.45) is 7.05 Å². The van der Waals surface area contributed by atoms with Gasteiger partial charge in [-0.15, -0.1) is 0 Å². The number of methoxy groups -OCH3 is 1. The van der Waals surface area contributed by atoms with Crippen molar-refractivity contribution in [1.82, 2.24) is 15.1 Å². The van der Waals surface area contributed by atoms with Crippen LogP contribution in [0.3, 0.4) is 0 Å². The summed E-state index contributed by atoms with van der Waals surface area (Å²) in [6.45, 7) is 4.16. The Morgan fingerprint density at radius 2 is 1.90 bits per heavy atom. The van der Waals surface area contributed by atoms with Gasteiger partial charge in [0.05, 0.1) is 24.7 Å². The maximum atomic E-state index is 5.21. The average Bonchev–Trinajstić information content (AvgIpc) is 2.90. The first-order chi connectivity index (χ1) is 10.3. The molecule has 1 aromatic heterocycles. The van der Waals surface area contributed by atoms with Gasteiger partial charge in [-0.25, -0.2) is 0 Å². The van der Waals surface area contributed by atoms with Gasteiger partial charge in [0.25, 0.3) is 0 Å². The molecule has 1 aromatic carbocycles. The lowest BCUT2D eigenvalue weighted by Crippen LogP contribution is -2.43. The summed E-state index contributed by atoms with van der Waals surface area (Å²) in [6.07, 6.45) is 2.88. The number of ether oxygens (including phenoxy) is 1. The minimum atomic E-state index is 0.889. The van der Waals surface area contributed by atoms with Crippen molar-refractivity contribution in [2.45, 2.75) is 6.42 Å². The van der Waals surface area contributed by atoms with Gasteiger partial charge in [-0.1, -0.05) is 12.1 Å². The van der Waals surface area contributed by atoms with Crippen LogP contribution < -0.4 is 15.0 Å². The molecule has 112 valence electrons. The molecule has 2 aromatic rings. The summed E-state index contributed by atoms with van der Waals surface area (Å²) < 4.78 is 7.20. The monoisotopic (exact) mass is 286 g/mol. The molecule has 1 aliphatic heterocycles.